The molecule has 1 unspecified atom stereocenters. The smallest absolute Gasteiger partial charge is 0.225 e. The van der Waals surface area contributed by atoms with Crippen LogP contribution in [0.2, 0.25) is 0 Å². The molecule has 0 spiro atoms. The molecule has 3 nitrogen and oxygen atoms in total. The Labute approximate surface area is 130 Å². The molecule has 2 heterocycles. The fraction of sp³-hybridized carbons (Fsp3) is 0.938. The van der Waals surface area contributed by atoms with Crippen LogP contribution >= 0.6 is 12.4 Å². The molecule has 118 valence electrons. The van der Waals surface area contributed by atoms with Gasteiger partial charge >= 0.3 is 0 Å². The average molecular weight is 303 g/mol. The predicted octanol–water partition coefficient (Wildman–Crippen LogP) is 3.23. The van der Waals surface area contributed by atoms with Crippen molar-refractivity contribution in [3.05, 3.63) is 0 Å². The average Bonchev–Trinajstić information content (AvgIpc) is 2.38. The van der Waals surface area contributed by atoms with Crippen molar-refractivity contribution in [2.75, 3.05) is 19.6 Å². The van der Waals surface area contributed by atoms with E-state index in [9.17, 15) is 4.79 Å². The number of carbonyl (C=O) groups is 1. The third-order valence-electron chi connectivity index (χ3n) is 4.92. The highest BCUT2D eigenvalue weighted by Gasteiger charge is 2.35. The number of nitrogens with zero attached hydrogens (tertiary/aromatic N) is 1. The van der Waals surface area contributed by atoms with Gasteiger partial charge in [-0.3, -0.25) is 4.79 Å². The third kappa shape index (κ3) is 4.36. The Hall–Kier alpha value is -0.280. The van der Waals surface area contributed by atoms with Gasteiger partial charge < -0.3 is 10.2 Å². The maximum absolute atomic E-state index is 12.7. The normalized spacial score (nSPS) is 34.5. The predicted molar refractivity (Wildman–Crippen MR) is 86.3 cm³/mol. The summed E-state index contributed by atoms with van der Waals surface area (Å²) in [7, 11) is 0. The molecule has 2 saturated heterocycles. The van der Waals surface area contributed by atoms with Crippen LogP contribution in [0.4, 0.5) is 0 Å². The molecule has 2 aliphatic rings. The van der Waals surface area contributed by atoms with Crippen molar-refractivity contribution in [2.45, 2.75) is 65.3 Å². The zero-order valence-electron chi connectivity index (χ0n) is 13.3. The first-order valence-electron chi connectivity index (χ1n) is 8.06. The fourth-order valence-electron chi connectivity index (χ4n) is 3.93. The van der Waals surface area contributed by atoms with Crippen molar-refractivity contribution in [2.24, 2.45) is 11.3 Å². The SMILES string of the molecule is CCCC1(C)CCCN(C(=O)[C@H]2CCN[C@@H](C)C2)C1.Cl. The lowest BCUT2D eigenvalue weighted by atomic mass is 9.77. The standard InChI is InChI=1S/C16H30N2O.ClH/c1-4-7-16(3)8-5-10-18(12-16)15(19)14-6-9-17-13(2)11-14;/h13-14,17H,4-12H2,1-3H3;1H/t13-,14-,16?;/m0./s1. The number of nitrogens with one attached hydrogen (secondary N) is 1. The number of amides is 1. The molecule has 0 saturated carbocycles. The van der Waals surface area contributed by atoms with E-state index in [0.29, 0.717) is 17.4 Å². The zero-order valence-corrected chi connectivity index (χ0v) is 14.1. The van der Waals surface area contributed by atoms with E-state index in [1.165, 1.54) is 25.7 Å². The second-order valence-corrected chi connectivity index (χ2v) is 7.00. The van der Waals surface area contributed by atoms with Crippen LogP contribution in [0.25, 0.3) is 0 Å². The van der Waals surface area contributed by atoms with Crippen LogP contribution in [0.5, 0.6) is 0 Å². The summed E-state index contributed by atoms with van der Waals surface area (Å²) in [5.41, 5.74) is 0.362. The number of piperidine rings is 2. The highest BCUT2D eigenvalue weighted by Crippen LogP contribution is 2.35. The summed E-state index contributed by atoms with van der Waals surface area (Å²) >= 11 is 0. The van der Waals surface area contributed by atoms with E-state index in [1.54, 1.807) is 0 Å². The Balaban J connectivity index is 0.00000200. The van der Waals surface area contributed by atoms with E-state index in [-0.39, 0.29) is 18.3 Å². The van der Waals surface area contributed by atoms with Crippen LogP contribution in [-0.4, -0.2) is 36.5 Å². The van der Waals surface area contributed by atoms with Crippen LogP contribution < -0.4 is 5.32 Å². The van der Waals surface area contributed by atoms with Crippen molar-refractivity contribution in [1.29, 1.82) is 0 Å². The highest BCUT2D eigenvalue weighted by molar-refractivity contribution is 5.85. The largest absolute Gasteiger partial charge is 0.342 e. The van der Waals surface area contributed by atoms with Gasteiger partial charge in [0.25, 0.3) is 0 Å². The summed E-state index contributed by atoms with van der Waals surface area (Å²) in [6.07, 6.45) is 6.97. The Morgan fingerprint density at radius 2 is 2.20 bits per heavy atom. The fourth-order valence-corrected chi connectivity index (χ4v) is 3.93. The van der Waals surface area contributed by atoms with Gasteiger partial charge in [-0.25, -0.2) is 0 Å². The van der Waals surface area contributed by atoms with Gasteiger partial charge in [0.05, 0.1) is 0 Å². The van der Waals surface area contributed by atoms with E-state index in [2.05, 4.69) is 31.0 Å². The molecule has 0 bridgehead atoms. The minimum Gasteiger partial charge on any atom is -0.342 e. The van der Waals surface area contributed by atoms with Crippen molar-refractivity contribution in [3.63, 3.8) is 0 Å². The monoisotopic (exact) mass is 302 g/mol. The lowest BCUT2D eigenvalue weighted by molar-refractivity contribution is -0.140. The Kier molecular flexibility index (Phi) is 6.80. The number of carbonyl (C=O) groups excluding carboxylic acids is 1. The van der Waals surface area contributed by atoms with E-state index in [1.807, 2.05) is 0 Å². The first-order valence-corrected chi connectivity index (χ1v) is 8.06. The molecule has 1 amide bonds. The summed E-state index contributed by atoms with van der Waals surface area (Å²) in [5.74, 6) is 0.690. The molecule has 4 heteroatoms. The maximum Gasteiger partial charge on any atom is 0.225 e. The number of hydrogen-bond donors (Lipinski definition) is 1. The Bertz CT molecular complexity index is 320. The first kappa shape index (κ1) is 17.8. The summed E-state index contributed by atoms with van der Waals surface area (Å²) in [6.45, 7) is 9.77. The second-order valence-electron chi connectivity index (χ2n) is 7.00. The molecule has 1 N–H and O–H groups in total. The van der Waals surface area contributed by atoms with Gasteiger partial charge in [-0.2, -0.15) is 0 Å². The molecule has 2 rings (SSSR count). The summed E-state index contributed by atoms with van der Waals surface area (Å²) in [5, 5.41) is 3.44. The minimum atomic E-state index is 0. The molecule has 3 atom stereocenters. The van der Waals surface area contributed by atoms with Gasteiger partial charge in [0.2, 0.25) is 5.91 Å². The second kappa shape index (κ2) is 7.65. The number of halogens is 1. The number of hydrogen-bond acceptors (Lipinski definition) is 2. The third-order valence-corrected chi connectivity index (χ3v) is 4.92. The summed E-state index contributed by atoms with van der Waals surface area (Å²) in [6, 6.07) is 0.495. The Morgan fingerprint density at radius 1 is 1.45 bits per heavy atom. The quantitative estimate of drug-likeness (QED) is 0.868. The molecule has 0 aromatic rings. The van der Waals surface area contributed by atoms with E-state index in [0.717, 1.165) is 32.5 Å². The van der Waals surface area contributed by atoms with Gasteiger partial charge in [0.1, 0.15) is 0 Å². The zero-order chi connectivity index (χ0) is 13.9. The summed E-state index contributed by atoms with van der Waals surface area (Å²) < 4.78 is 0. The number of likely N-dealkylation sites (tertiary alicyclic amines) is 1. The molecule has 2 fully saturated rings. The van der Waals surface area contributed by atoms with Crippen LogP contribution in [0.3, 0.4) is 0 Å². The van der Waals surface area contributed by atoms with Crippen molar-refractivity contribution >= 4 is 18.3 Å². The van der Waals surface area contributed by atoms with Crippen molar-refractivity contribution in [1.82, 2.24) is 10.2 Å². The van der Waals surface area contributed by atoms with Crippen LogP contribution in [0.15, 0.2) is 0 Å². The molecule has 0 aliphatic carbocycles. The highest BCUT2D eigenvalue weighted by atomic mass is 35.5. The van der Waals surface area contributed by atoms with Crippen molar-refractivity contribution < 1.29 is 4.79 Å². The van der Waals surface area contributed by atoms with Gasteiger partial charge in [-0.15, -0.1) is 12.4 Å². The molecular weight excluding hydrogens is 272 g/mol. The molecule has 2 aliphatic heterocycles. The molecular formula is C16H31ClN2O. The van der Waals surface area contributed by atoms with Crippen LogP contribution in [0, 0.1) is 11.3 Å². The lowest BCUT2D eigenvalue weighted by Gasteiger charge is -2.42. The topological polar surface area (TPSA) is 32.3 Å². The van der Waals surface area contributed by atoms with Gasteiger partial charge in [0.15, 0.2) is 0 Å². The van der Waals surface area contributed by atoms with Crippen LogP contribution in [0.1, 0.15) is 59.3 Å². The maximum atomic E-state index is 12.7. The molecule has 0 aromatic carbocycles. The molecule has 0 radical (unpaired) electrons. The van der Waals surface area contributed by atoms with E-state index in [4.69, 9.17) is 0 Å². The van der Waals surface area contributed by atoms with Crippen molar-refractivity contribution in [3.8, 4) is 0 Å². The minimum absolute atomic E-state index is 0. The summed E-state index contributed by atoms with van der Waals surface area (Å²) in [4.78, 5) is 14.9. The first-order chi connectivity index (χ1) is 9.04. The molecule has 0 aromatic heterocycles. The van der Waals surface area contributed by atoms with Gasteiger partial charge in [-0.05, 0) is 51.0 Å². The Morgan fingerprint density at radius 3 is 2.85 bits per heavy atom. The number of rotatable bonds is 3. The molecule has 20 heavy (non-hydrogen) atoms. The van der Waals surface area contributed by atoms with E-state index >= 15 is 0 Å². The van der Waals surface area contributed by atoms with Crippen LogP contribution in [-0.2, 0) is 4.79 Å². The van der Waals surface area contributed by atoms with Gasteiger partial charge in [0, 0.05) is 25.0 Å². The van der Waals surface area contributed by atoms with E-state index < -0.39 is 0 Å². The van der Waals surface area contributed by atoms with Gasteiger partial charge in [-0.1, -0.05) is 20.3 Å². The lowest BCUT2D eigenvalue weighted by Crippen LogP contribution is -2.49.